The van der Waals surface area contributed by atoms with E-state index in [0.717, 1.165) is 6.42 Å². The van der Waals surface area contributed by atoms with Crippen molar-refractivity contribution in [2.45, 2.75) is 33.2 Å². The molecule has 0 saturated heterocycles. The van der Waals surface area contributed by atoms with Gasteiger partial charge in [0.05, 0.1) is 5.56 Å². The first-order valence-electron chi connectivity index (χ1n) is 6.11. The summed E-state index contributed by atoms with van der Waals surface area (Å²) in [6.07, 6.45) is 0.906. The molecule has 0 bridgehead atoms. The highest BCUT2D eigenvalue weighted by molar-refractivity contribution is 9.09. The number of halogens is 1. The SMILES string of the molecule is Cc1cccc(C(=O)NC(CBr)CC(C)C)c1O. The summed E-state index contributed by atoms with van der Waals surface area (Å²) in [6, 6.07) is 5.27. The molecule has 4 heteroatoms. The summed E-state index contributed by atoms with van der Waals surface area (Å²) in [4.78, 5) is 12.1. The van der Waals surface area contributed by atoms with Crippen LogP contribution in [0.25, 0.3) is 0 Å². The van der Waals surface area contributed by atoms with E-state index in [1.807, 2.05) is 0 Å². The van der Waals surface area contributed by atoms with Crippen LogP contribution in [0.4, 0.5) is 0 Å². The van der Waals surface area contributed by atoms with Crippen molar-refractivity contribution >= 4 is 21.8 Å². The number of para-hydroxylation sites is 1. The summed E-state index contributed by atoms with van der Waals surface area (Å²) < 4.78 is 0. The minimum atomic E-state index is -0.221. The molecule has 0 spiro atoms. The second-order valence-electron chi connectivity index (χ2n) is 4.93. The lowest BCUT2D eigenvalue weighted by molar-refractivity contribution is 0.0934. The largest absolute Gasteiger partial charge is 0.507 e. The quantitative estimate of drug-likeness (QED) is 0.820. The standard InChI is InChI=1S/C14H20BrNO2/c1-9(2)7-11(8-15)16-14(18)12-6-4-5-10(3)13(12)17/h4-6,9,11,17H,7-8H2,1-3H3,(H,16,18). The maximum Gasteiger partial charge on any atom is 0.255 e. The van der Waals surface area contributed by atoms with Gasteiger partial charge in [0, 0.05) is 11.4 Å². The molecule has 0 aliphatic rings. The van der Waals surface area contributed by atoms with Crippen LogP contribution in [0.3, 0.4) is 0 Å². The van der Waals surface area contributed by atoms with Gasteiger partial charge in [0.15, 0.2) is 0 Å². The molecule has 1 atom stereocenters. The van der Waals surface area contributed by atoms with Crippen molar-refractivity contribution in [2.24, 2.45) is 5.92 Å². The van der Waals surface area contributed by atoms with Crippen LogP contribution in [-0.2, 0) is 0 Å². The van der Waals surface area contributed by atoms with Crippen molar-refractivity contribution in [3.05, 3.63) is 29.3 Å². The Morgan fingerprint density at radius 3 is 2.67 bits per heavy atom. The highest BCUT2D eigenvalue weighted by atomic mass is 79.9. The van der Waals surface area contributed by atoms with Crippen molar-refractivity contribution in [3.8, 4) is 5.75 Å². The Morgan fingerprint density at radius 1 is 1.44 bits per heavy atom. The average Bonchev–Trinajstić information content (AvgIpc) is 2.31. The van der Waals surface area contributed by atoms with Gasteiger partial charge in [0.2, 0.25) is 0 Å². The van der Waals surface area contributed by atoms with Crippen LogP contribution in [-0.4, -0.2) is 22.4 Å². The molecule has 0 fully saturated rings. The fourth-order valence-electron chi connectivity index (χ4n) is 1.83. The summed E-state index contributed by atoms with van der Waals surface area (Å²) in [5.41, 5.74) is 1.05. The van der Waals surface area contributed by atoms with Gasteiger partial charge in [-0.2, -0.15) is 0 Å². The van der Waals surface area contributed by atoms with Crippen molar-refractivity contribution < 1.29 is 9.90 Å². The number of phenolic OH excluding ortho intramolecular Hbond substituents is 1. The van der Waals surface area contributed by atoms with Crippen LogP contribution < -0.4 is 5.32 Å². The first-order valence-corrected chi connectivity index (χ1v) is 7.23. The zero-order chi connectivity index (χ0) is 13.7. The second-order valence-corrected chi connectivity index (χ2v) is 5.57. The molecule has 0 saturated carbocycles. The average molecular weight is 314 g/mol. The monoisotopic (exact) mass is 313 g/mol. The highest BCUT2D eigenvalue weighted by Gasteiger charge is 2.17. The van der Waals surface area contributed by atoms with Crippen molar-refractivity contribution in [2.75, 3.05) is 5.33 Å². The van der Waals surface area contributed by atoms with Crippen LogP contribution in [0.2, 0.25) is 0 Å². The Morgan fingerprint density at radius 2 is 2.11 bits per heavy atom. The van der Waals surface area contributed by atoms with Gasteiger partial charge in [-0.05, 0) is 30.9 Å². The van der Waals surface area contributed by atoms with Gasteiger partial charge in [-0.3, -0.25) is 4.79 Å². The van der Waals surface area contributed by atoms with Gasteiger partial charge in [-0.25, -0.2) is 0 Å². The number of carbonyl (C=O) groups excluding carboxylic acids is 1. The first-order chi connectivity index (χ1) is 8.45. The van der Waals surface area contributed by atoms with Crippen molar-refractivity contribution in [1.82, 2.24) is 5.32 Å². The van der Waals surface area contributed by atoms with Gasteiger partial charge in [-0.15, -0.1) is 0 Å². The molecule has 0 radical (unpaired) electrons. The number of aromatic hydroxyl groups is 1. The molecular formula is C14H20BrNO2. The van der Waals surface area contributed by atoms with E-state index < -0.39 is 0 Å². The maximum atomic E-state index is 12.1. The third-order valence-corrected chi connectivity index (χ3v) is 3.54. The molecule has 1 aromatic rings. The van der Waals surface area contributed by atoms with Crippen LogP contribution in [0, 0.1) is 12.8 Å². The molecule has 2 N–H and O–H groups in total. The Balaban J connectivity index is 2.78. The number of benzene rings is 1. The third-order valence-electron chi connectivity index (χ3n) is 2.76. The van der Waals surface area contributed by atoms with Crippen molar-refractivity contribution in [3.63, 3.8) is 0 Å². The molecule has 3 nitrogen and oxygen atoms in total. The molecule has 1 rings (SSSR count). The summed E-state index contributed by atoms with van der Waals surface area (Å²) in [5.74, 6) is 0.355. The number of phenols is 1. The number of carbonyl (C=O) groups is 1. The van der Waals surface area contributed by atoms with E-state index in [1.54, 1.807) is 25.1 Å². The number of aryl methyl sites for hydroxylation is 1. The normalized spacial score (nSPS) is 12.5. The van der Waals surface area contributed by atoms with Gasteiger partial charge in [0.25, 0.3) is 5.91 Å². The van der Waals surface area contributed by atoms with Crippen LogP contribution in [0.5, 0.6) is 5.75 Å². The summed E-state index contributed by atoms with van der Waals surface area (Å²) in [5, 5.41) is 13.5. The maximum absolute atomic E-state index is 12.1. The molecule has 1 amide bonds. The summed E-state index contributed by atoms with van der Waals surface area (Å²) >= 11 is 3.40. The number of amides is 1. The predicted molar refractivity (Wildman–Crippen MR) is 77.3 cm³/mol. The first kappa shape index (κ1) is 15.0. The van der Waals surface area contributed by atoms with E-state index in [0.29, 0.717) is 22.4 Å². The number of alkyl halides is 1. The zero-order valence-corrected chi connectivity index (χ0v) is 12.6. The van der Waals surface area contributed by atoms with Crippen LogP contribution in [0.1, 0.15) is 36.2 Å². The molecule has 1 aromatic carbocycles. The molecule has 1 unspecified atom stereocenters. The lowest BCUT2D eigenvalue weighted by Gasteiger charge is -2.18. The number of hydrogen-bond acceptors (Lipinski definition) is 2. The fraction of sp³-hybridized carbons (Fsp3) is 0.500. The van der Waals surface area contributed by atoms with Gasteiger partial charge in [-0.1, -0.05) is 41.9 Å². The molecule has 18 heavy (non-hydrogen) atoms. The Kier molecular flexibility index (Phi) is 5.66. The Bertz CT molecular complexity index is 418. The molecular weight excluding hydrogens is 294 g/mol. The second kappa shape index (κ2) is 6.78. The van der Waals surface area contributed by atoms with E-state index in [9.17, 15) is 9.90 Å². The number of hydrogen-bond donors (Lipinski definition) is 2. The highest BCUT2D eigenvalue weighted by Crippen LogP contribution is 2.21. The van der Waals surface area contributed by atoms with Gasteiger partial charge in [0.1, 0.15) is 5.75 Å². The zero-order valence-electron chi connectivity index (χ0n) is 11.0. The van der Waals surface area contributed by atoms with E-state index in [2.05, 4.69) is 35.1 Å². The molecule has 0 aromatic heterocycles. The predicted octanol–water partition coefficient (Wildman–Crippen LogP) is 3.24. The minimum Gasteiger partial charge on any atom is -0.507 e. The number of rotatable bonds is 5. The summed E-state index contributed by atoms with van der Waals surface area (Å²) in [7, 11) is 0. The van der Waals surface area contributed by atoms with E-state index >= 15 is 0 Å². The molecule has 100 valence electrons. The minimum absolute atomic E-state index is 0.0628. The lowest BCUT2D eigenvalue weighted by atomic mass is 10.0. The molecule has 0 aliphatic heterocycles. The lowest BCUT2D eigenvalue weighted by Crippen LogP contribution is -2.37. The van der Waals surface area contributed by atoms with E-state index in [-0.39, 0.29) is 17.7 Å². The Labute approximate surface area is 117 Å². The third kappa shape index (κ3) is 4.02. The van der Waals surface area contributed by atoms with Gasteiger partial charge < -0.3 is 10.4 Å². The molecule has 0 aliphatic carbocycles. The smallest absolute Gasteiger partial charge is 0.255 e. The molecule has 0 heterocycles. The van der Waals surface area contributed by atoms with Crippen molar-refractivity contribution in [1.29, 1.82) is 0 Å². The summed E-state index contributed by atoms with van der Waals surface area (Å²) in [6.45, 7) is 6.01. The number of nitrogens with one attached hydrogen (secondary N) is 1. The Hall–Kier alpha value is -1.03. The van der Waals surface area contributed by atoms with E-state index in [4.69, 9.17) is 0 Å². The fourth-order valence-corrected chi connectivity index (χ4v) is 2.26. The van der Waals surface area contributed by atoms with Gasteiger partial charge >= 0.3 is 0 Å². The van der Waals surface area contributed by atoms with Crippen LogP contribution >= 0.6 is 15.9 Å². The topological polar surface area (TPSA) is 49.3 Å². The van der Waals surface area contributed by atoms with E-state index in [1.165, 1.54) is 0 Å². The van der Waals surface area contributed by atoms with Crippen LogP contribution in [0.15, 0.2) is 18.2 Å².